The number of hydrogen-bond acceptors (Lipinski definition) is 6. The van der Waals surface area contributed by atoms with Crippen LogP contribution in [0.25, 0.3) is 11.3 Å². The molecule has 0 saturated heterocycles. The Morgan fingerprint density at radius 2 is 1.90 bits per heavy atom. The van der Waals surface area contributed by atoms with Gasteiger partial charge in [0.1, 0.15) is 29.6 Å². The molecule has 0 aliphatic heterocycles. The molecule has 1 aromatic heterocycles. The third-order valence-electron chi connectivity index (χ3n) is 4.20. The van der Waals surface area contributed by atoms with E-state index in [0.717, 1.165) is 5.56 Å². The van der Waals surface area contributed by atoms with Crippen LogP contribution in [0.3, 0.4) is 0 Å². The predicted molar refractivity (Wildman–Crippen MR) is 118 cm³/mol. The quantitative estimate of drug-likeness (QED) is 0.492. The van der Waals surface area contributed by atoms with Crippen molar-refractivity contribution in [3.05, 3.63) is 65.9 Å². The van der Waals surface area contributed by atoms with Crippen LogP contribution in [0.1, 0.15) is 23.0 Å². The number of hydrogen-bond donors (Lipinski definition) is 3. The number of benzene rings is 2. The molecule has 3 rings (SSSR count). The van der Waals surface area contributed by atoms with Gasteiger partial charge in [0.2, 0.25) is 0 Å². The Morgan fingerprint density at radius 1 is 1.13 bits per heavy atom. The number of aliphatic hydroxyl groups is 1. The van der Waals surface area contributed by atoms with Crippen molar-refractivity contribution in [1.29, 1.82) is 0 Å². The van der Waals surface area contributed by atoms with Crippen LogP contribution in [-0.4, -0.2) is 29.8 Å². The molecule has 0 atom stereocenters. The van der Waals surface area contributed by atoms with Crippen LogP contribution in [-0.2, 0) is 6.61 Å². The fourth-order valence-corrected chi connectivity index (χ4v) is 3.00. The summed E-state index contributed by atoms with van der Waals surface area (Å²) in [5.41, 5.74) is 1.83. The summed E-state index contributed by atoms with van der Waals surface area (Å²) in [6.07, 6.45) is 0. The molecule has 0 aliphatic carbocycles. The first-order valence-electron chi connectivity index (χ1n) is 9.27. The molecule has 0 saturated carbocycles. The lowest BCUT2D eigenvalue weighted by molar-refractivity contribution is 0.0977. The molecule has 8 heteroatoms. The number of ether oxygens (including phenoxy) is 2. The Bertz CT molecular complexity index is 1030. The number of amides is 1. The van der Waals surface area contributed by atoms with Crippen molar-refractivity contribution in [2.75, 3.05) is 19.0 Å². The number of nitrogens with one attached hydrogen (secondary N) is 2. The Labute approximate surface area is 179 Å². The number of methoxy groups -OCH3 is 1. The zero-order chi connectivity index (χ0) is 21.5. The molecule has 3 aromatic rings. The normalized spacial score (nSPS) is 10.4. The number of rotatable bonds is 7. The highest BCUT2D eigenvalue weighted by Gasteiger charge is 2.13. The van der Waals surface area contributed by atoms with E-state index in [1.807, 2.05) is 6.92 Å². The Kier molecular flexibility index (Phi) is 7.05. The lowest BCUT2D eigenvalue weighted by Gasteiger charge is -2.13. The minimum atomic E-state index is -0.328. The highest BCUT2D eigenvalue weighted by molar-refractivity contribution is 7.80. The summed E-state index contributed by atoms with van der Waals surface area (Å²) in [5, 5.41) is 14.9. The van der Waals surface area contributed by atoms with Gasteiger partial charge in [-0.05, 0) is 67.7 Å². The predicted octanol–water partition coefficient (Wildman–Crippen LogP) is 3.97. The number of carbonyl (C=O) groups excluding carboxylic acids is 1. The molecule has 3 N–H and O–H groups in total. The van der Waals surface area contributed by atoms with E-state index in [9.17, 15) is 4.79 Å². The van der Waals surface area contributed by atoms with Gasteiger partial charge in [-0.25, -0.2) is 0 Å². The van der Waals surface area contributed by atoms with Gasteiger partial charge in [0, 0.05) is 17.3 Å². The van der Waals surface area contributed by atoms with Crippen molar-refractivity contribution < 1.29 is 23.8 Å². The topological polar surface area (TPSA) is 93.0 Å². The van der Waals surface area contributed by atoms with E-state index in [4.69, 9.17) is 31.2 Å². The van der Waals surface area contributed by atoms with Gasteiger partial charge in [0.25, 0.3) is 5.91 Å². The van der Waals surface area contributed by atoms with Gasteiger partial charge < -0.3 is 24.3 Å². The van der Waals surface area contributed by atoms with E-state index in [1.165, 1.54) is 0 Å². The Balaban J connectivity index is 1.66. The molecule has 1 amide bonds. The molecule has 7 nitrogen and oxygen atoms in total. The lowest BCUT2D eigenvalue weighted by atomic mass is 10.1. The van der Waals surface area contributed by atoms with Crippen molar-refractivity contribution >= 4 is 28.9 Å². The van der Waals surface area contributed by atoms with Gasteiger partial charge in [-0.1, -0.05) is 0 Å². The van der Waals surface area contributed by atoms with Gasteiger partial charge in [0.15, 0.2) is 5.11 Å². The van der Waals surface area contributed by atoms with Crippen LogP contribution in [0.5, 0.6) is 11.5 Å². The number of aliphatic hydroxyl groups excluding tert-OH is 1. The second-order valence-electron chi connectivity index (χ2n) is 6.20. The first-order chi connectivity index (χ1) is 14.5. The van der Waals surface area contributed by atoms with E-state index >= 15 is 0 Å². The third-order valence-corrected chi connectivity index (χ3v) is 4.40. The molecule has 156 valence electrons. The summed E-state index contributed by atoms with van der Waals surface area (Å²) < 4.78 is 16.4. The zero-order valence-corrected chi connectivity index (χ0v) is 17.4. The number of anilines is 1. The first-order valence-corrected chi connectivity index (χ1v) is 9.68. The largest absolute Gasteiger partial charge is 0.496 e. The van der Waals surface area contributed by atoms with Gasteiger partial charge in [-0.3, -0.25) is 10.1 Å². The average Bonchev–Trinajstić information content (AvgIpc) is 3.23. The number of carbonyl (C=O) groups is 1. The number of thiocarbonyl (C=S) groups is 1. The van der Waals surface area contributed by atoms with Crippen LogP contribution in [0, 0.1) is 0 Å². The summed E-state index contributed by atoms with van der Waals surface area (Å²) >= 11 is 5.25. The summed E-state index contributed by atoms with van der Waals surface area (Å²) in [6, 6.07) is 15.6. The first kappa shape index (κ1) is 21.4. The second kappa shape index (κ2) is 9.91. The van der Waals surface area contributed by atoms with E-state index in [2.05, 4.69) is 10.6 Å². The van der Waals surface area contributed by atoms with E-state index in [0.29, 0.717) is 40.9 Å². The monoisotopic (exact) mass is 426 g/mol. The molecular formula is C22H22N2O5S. The second-order valence-corrected chi connectivity index (χ2v) is 6.61. The molecule has 0 bridgehead atoms. The van der Waals surface area contributed by atoms with Crippen LogP contribution in [0.4, 0.5) is 5.69 Å². The summed E-state index contributed by atoms with van der Waals surface area (Å²) in [6.45, 7) is 2.28. The summed E-state index contributed by atoms with van der Waals surface area (Å²) in [4.78, 5) is 12.4. The van der Waals surface area contributed by atoms with Crippen molar-refractivity contribution in [3.63, 3.8) is 0 Å². The van der Waals surface area contributed by atoms with Crippen molar-refractivity contribution in [2.24, 2.45) is 0 Å². The molecule has 0 spiro atoms. The fraction of sp³-hybridized carbons (Fsp3) is 0.182. The molecule has 30 heavy (non-hydrogen) atoms. The minimum absolute atomic E-state index is 0.157. The minimum Gasteiger partial charge on any atom is -0.496 e. The maximum atomic E-state index is 12.4. The molecule has 0 radical (unpaired) electrons. The highest BCUT2D eigenvalue weighted by atomic mass is 32.1. The Morgan fingerprint density at radius 3 is 2.53 bits per heavy atom. The Hall–Kier alpha value is -3.36. The number of furan rings is 1. The molecule has 0 unspecified atom stereocenters. The van der Waals surface area contributed by atoms with Crippen LogP contribution < -0.4 is 20.1 Å². The average molecular weight is 426 g/mol. The molecule has 2 aromatic carbocycles. The molecule has 1 heterocycles. The smallest absolute Gasteiger partial charge is 0.257 e. The van der Waals surface area contributed by atoms with Crippen LogP contribution in [0.2, 0.25) is 0 Å². The SMILES string of the molecule is CCOc1ccc(C(=O)NC(=S)Nc2ccc(-c3ccc(CO)o3)c(OC)c2)cc1. The van der Waals surface area contributed by atoms with Crippen LogP contribution >= 0.6 is 12.2 Å². The van der Waals surface area contributed by atoms with Gasteiger partial charge in [-0.2, -0.15) is 0 Å². The maximum Gasteiger partial charge on any atom is 0.257 e. The zero-order valence-electron chi connectivity index (χ0n) is 16.6. The maximum absolute atomic E-state index is 12.4. The molecular weight excluding hydrogens is 404 g/mol. The van der Waals surface area contributed by atoms with Gasteiger partial charge >= 0.3 is 0 Å². The molecule has 0 fully saturated rings. The van der Waals surface area contributed by atoms with Crippen molar-refractivity contribution in [3.8, 4) is 22.8 Å². The third kappa shape index (κ3) is 5.16. The standard InChI is InChI=1S/C22H22N2O5S/c1-3-28-16-7-4-14(5-8-16)21(26)24-22(30)23-15-6-10-18(20(12-15)27-2)19-11-9-17(13-25)29-19/h4-12,25H,3,13H2,1-2H3,(H2,23,24,26,30). The van der Waals surface area contributed by atoms with Gasteiger partial charge in [-0.15, -0.1) is 0 Å². The van der Waals surface area contributed by atoms with E-state index in [1.54, 1.807) is 61.7 Å². The van der Waals surface area contributed by atoms with Crippen LogP contribution in [0.15, 0.2) is 59.0 Å². The lowest BCUT2D eigenvalue weighted by Crippen LogP contribution is -2.34. The van der Waals surface area contributed by atoms with Crippen molar-refractivity contribution in [1.82, 2.24) is 5.32 Å². The summed E-state index contributed by atoms with van der Waals surface area (Å²) in [5.74, 6) is 1.97. The van der Waals surface area contributed by atoms with E-state index in [-0.39, 0.29) is 17.6 Å². The van der Waals surface area contributed by atoms with E-state index < -0.39 is 0 Å². The van der Waals surface area contributed by atoms with Gasteiger partial charge in [0.05, 0.1) is 19.3 Å². The summed E-state index contributed by atoms with van der Waals surface area (Å²) in [7, 11) is 1.55. The van der Waals surface area contributed by atoms with Crippen molar-refractivity contribution in [2.45, 2.75) is 13.5 Å². The molecule has 0 aliphatic rings. The highest BCUT2D eigenvalue weighted by Crippen LogP contribution is 2.33. The fourth-order valence-electron chi connectivity index (χ4n) is 2.79.